The number of ether oxygens (including phenoxy) is 3. The SMILES string of the molecule is C/C=C1\C(=C/C)C2CC1C1C3CC(C(=O)OCC4COC(C)(CCCC)O4)C(C3)C21. The van der Waals surface area contributed by atoms with Crippen LogP contribution in [0.4, 0.5) is 0 Å². The van der Waals surface area contributed by atoms with E-state index in [0.29, 0.717) is 36.9 Å². The van der Waals surface area contributed by atoms with Crippen molar-refractivity contribution >= 4 is 5.97 Å². The summed E-state index contributed by atoms with van der Waals surface area (Å²) in [5.74, 6) is 3.76. The second kappa shape index (κ2) is 7.78. The fraction of sp³-hybridized carbons (Fsp3) is 0.808. The molecule has 0 amide bonds. The zero-order chi connectivity index (χ0) is 21.0. The molecule has 9 atom stereocenters. The first-order valence-electron chi connectivity index (χ1n) is 12.3. The molecule has 0 aromatic carbocycles. The molecule has 1 aliphatic heterocycles. The Morgan fingerprint density at radius 2 is 1.87 bits per heavy atom. The first-order valence-corrected chi connectivity index (χ1v) is 12.3. The predicted molar refractivity (Wildman–Crippen MR) is 116 cm³/mol. The molecule has 5 fully saturated rings. The van der Waals surface area contributed by atoms with Gasteiger partial charge in [0.2, 0.25) is 0 Å². The minimum atomic E-state index is -0.511. The highest BCUT2D eigenvalue weighted by Gasteiger charge is 2.65. The number of esters is 1. The zero-order valence-electron chi connectivity index (χ0n) is 19.1. The van der Waals surface area contributed by atoms with Crippen LogP contribution in [0.25, 0.3) is 0 Å². The van der Waals surface area contributed by atoms with E-state index in [1.807, 2.05) is 6.92 Å². The quantitative estimate of drug-likeness (QED) is 0.438. The summed E-state index contributed by atoms with van der Waals surface area (Å²) in [5.41, 5.74) is 3.19. The first-order chi connectivity index (χ1) is 14.5. The number of allylic oxidation sites excluding steroid dienone is 4. The highest BCUT2D eigenvalue weighted by Crippen LogP contribution is 2.71. The lowest BCUT2D eigenvalue weighted by atomic mass is 9.65. The van der Waals surface area contributed by atoms with E-state index in [1.54, 1.807) is 11.1 Å². The monoisotopic (exact) mass is 414 g/mol. The van der Waals surface area contributed by atoms with E-state index in [1.165, 1.54) is 12.8 Å². The van der Waals surface area contributed by atoms with Crippen molar-refractivity contribution < 1.29 is 19.0 Å². The molecule has 0 aromatic heterocycles. The first kappa shape index (κ1) is 20.8. The van der Waals surface area contributed by atoms with Crippen LogP contribution >= 0.6 is 0 Å². The second-order valence-corrected chi connectivity index (χ2v) is 10.5. The lowest BCUT2D eigenvalue weighted by molar-refractivity contribution is -0.172. The third-order valence-corrected chi connectivity index (χ3v) is 9.01. The van der Waals surface area contributed by atoms with E-state index in [2.05, 4.69) is 32.9 Å². The van der Waals surface area contributed by atoms with E-state index in [0.717, 1.165) is 37.5 Å². The molecule has 166 valence electrons. The third kappa shape index (κ3) is 3.12. The number of rotatable bonds is 6. The minimum Gasteiger partial charge on any atom is -0.463 e. The molecule has 30 heavy (non-hydrogen) atoms. The van der Waals surface area contributed by atoms with Crippen LogP contribution in [0.3, 0.4) is 0 Å². The Morgan fingerprint density at radius 1 is 1.13 bits per heavy atom. The molecule has 5 aliphatic rings. The van der Waals surface area contributed by atoms with Crippen molar-refractivity contribution in [3.63, 3.8) is 0 Å². The van der Waals surface area contributed by atoms with Crippen LogP contribution in [0.2, 0.25) is 0 Å². The second-order valence-electron chi connectivity index (χ2n) is 10.5. The molecule has 4 bridgehead atoms. The highest BCUT2D eigenvalue weighted by molar-refractivity contribution is 5.74. The molecule has 9 unspecified atom stereocenters. The summed E-state index contributed by atoms with van der Waals surface area (Å²) in [6, 6.07) is 0. The molecular weight excluding hydrogens is 376 g/mol. The summed E-state index contributed by atoms with van der Waals surface area (Å²) in [5, 5.41) is 0. The van der Waals surface area contributed by atoms with Crippen molar-refractivity contribution in [2.24, 2.45) is 41.4 Å². The van der Waals surface area contributed by atoms with Gasteiger partial charge in [-0.05, 0) is 93.1 Å². The Morgan fingerprint density at radius 3 is 2.57 bits per heavy atom. The van der Waals surface area contributed by atoms with Gasteiger partial charge < -0.3 is 14.2 Å². The molecule has 0 N–H and O–H groups in total. The van der Waals surface area contributed by atoms with Crippen molar-refractivity contribution in [1.29, 1.82) is 0 Å². The molecule has 4 saturated carbocycles. The lowest BCUT2D eigenvalue weighted by Gasteiger charge is -2.40. The zero-order valence-corrected chi connectivity index (χ0v) is 19.1. The molecule has 4 heteroatoms. The minimum absolute atomic E-state index is 0.0165. The Bertz CT molecular complexity index is 754. The fourth-order valence-corrected chi connectivity index (χ4v) is 8.01. The fourth-order valence-electron chi connectivity index (χ4n) is 8.01. The molecule has 1 saturated heterocycles. The standard InChI is InChI=1S/C26H38O4/c1-5-8-9-26(4)29-14-16(30-26)13-28-25(27)22-11-15-10-19(22)24-21-12-20(23(15)24)17(6-2)18(21)7-3/h6-7,15-16,19-24H,5,8-14H2,1-4H3/b17-6+,18-7+. The number of hydrogen-bond acceptors (Lipinski definition) is 4. The van der Waals surface area contributed by atoms with Crippen molar-refractivity contribution in [1.82, 2.24) is 0 Å². The van der Waals surface area contributed by atoms with Crippen LogP contribution in [0, 0.1) is 41.4 Å². The van der Waals surface area contributed by atoms with Crippen LogP contribution in [0.1, 0.15) is 66.2 Å². The molecule has 4 aliphatic carbocycles. The van der Waals surface area contributed by atoms with Crippen molar-refractivity contribution in [3.8, 4) is 0 Å². The van der Waals surface area contributed by atoms with Crippen LogP contribution in [-0.4, -0.2) is 31.1 Å². The van der Waals surface area contributed by atoms with Gasteiger partial charge in [-0.1, -0.05) is 25.5 Å². The van der Waals surface area contributed by atoms with E-state index in [9.17, 15) is 4.79 Å². The van der Waals surface area contributed by atoms with Gasteiger partial charge in [-0.2, -0.15) is 0 Å². The molecule has 0 radical (unpaired) electrons. The Balaban J connectivity index is 1.19. The largest absolute Gasteiger partial charge is 0.463 e. The van der Waals surface area contributed by atoms with Crippen molar-refractivity contribution in [3.05, 3.63) is 23.3 Å². The van der Waals surface area contributed by atoms with Gasteiger partial charge in [-0.15, -0.1) is 0 Å². The maximum absolute atomic E-state index is 13.0. The summed E-state index contributed by atoms with van der Waals surface area (Å²) >= 11 is 0. The number of unbranched alkanes of at least 4 members (excludes halogenated alkanes) is 1. The van der Waals surface area contributed by atoms with E-state index < -0.39 is 5.79 Å². The van der Waals surface area contributed by atoms with Crippen LogP contribution in [-0.2, 0) is 19.0 Å². The summed E-state index contributed by atoms with van der Waals surface area (Å²) in [6.07, 6.45) is 11.2. The highest BCUT2D eigenvalue weighted by atomic mass is 16.7. The van der Waals surface area contributed by atoms with Gasteiger partial charge in [0.25, 0.3) is 0 Å². The van der Waals surface area contributed by atoms with E-state index >= 15 is 0 Å². The predicted octanol–water partition coefficient (Wildman–Crippen LogP) is 5.28. The summed E-state index contributed by atoms with van der Waals surface area (Å²) in [6.45, 7) is 9.42. The van der Waals surface area contributed by atoms with Gasteiger partial charge >= 0.3 is 5.97 Å². The Labute approximate surface area is 181 Å². The number of carbonyl (C=O) groups excluding carboxylic acids is 1. The smallest absolute Gasteiger partial charge is 0.309 e. The summed E-state index contributed by atoms with van der Waals surface area (Å²) < 4.78 is 17.8. The molecule has 0 aromatic rings. The van der Waals surface area contributed by atoms with Crippen molar-refractivity contribution in [2.75, 3.05) is 13.2 Å². The normalized spacial score (nSPS) is 48.8. The van der Waals surface area contributed by atoms with Crippen LogP contribution in [0.5, 0.6) is 0 Å². The molecular formula is C26H38O4. The number of carbonyl (C=O) groups is 1. The van der Waals surface area contributed by atoms with Gasteiger partial charge in [0, 0.05) is 6.42 Å². The molecule has 5 rings (SSSR count). The van der Waals surface area contributed by atoms with Crippen LogP contribution in [0.15, 0.2) is 23.3 Å². The van der Waals surface area contributed by atoms with E-state index in [-0.39, 0.29) is 18.0 Å². The lowest BCUT2D eigenvalue weighted by Crippen LogP contribution is -2.38. The maximum atomic E-state index is 13.0. The van der Waals surface area contributed by atoms with Gasteiger partial charge in [0.1, 0.15) is 12.7 Å². The van der Waals surface area contributed by atoms with Gasteiger partial charge in [0.05, 0.1) is 12.5 Å². The molecule has 4 nitrogen and oxygen atoms in total. The third-order valence-electron chi connectivity index (χ3n) is 9.01. The number of fused-ring (bicyclic) bond motifs is 9. The topological polar surface area (TPSA) is 44.8 Å². The Kier molecular flexibility index (Phi) is 5.38. The van der Waals surface area contributed by atoms with Crippen LogP contribution < -0.4 is 0 Å². The maximum Gasteiger partial charge on any atom is 0.309 e. The molecule has 0 spiro atoms. The average molecular weight is 415 g/mol. The van der Waals surface area contributed by atoms with Crippen molar-refractivity contribution in [2.45, 2.75) is 78.1 Å². The molecule has 1 heterocycles. The van der Waals surface area contributed by atoms with E-state index in [4.69, 9.17) is 14.2 Å². The Hall–Kier alpha value is -1.13. The average Bonchev–Trinajstić information content (AvgIpc) is 3.54. The summed E-state index contributed by atoms with van der Waals surface area (Å²) in [4.78, 5) is 13.0. The number of hydrogen-bond donors (Lipinski definition) is 0. The van der Waals surface area contributed by atoms with Gasteiger partial charge in [0.15, 0.2) is 5.79 Å². The van der Waals surface area contributed by atoms with Gasteiger partial charge in [-0.3, -0.25) is 4.79 Å². The summed E-state index contributed by atoms with van der Waals surface area (Å²) in [7, 11) is 0. The van der Waals surface area contributed by atoms with Gasteiger partial charge in [-0.25, -0.2) is 0 Å².